The van der Waals surface area contributed by atoms with E-state index in [-0.39, 0.29) is 18.4 Å². The van der Waals surface area contributed by atoms with Crippen LogP contribution in [0.25, 0.3) is 0 Å². The Hall–Kier alpha value is -2.61. The van der Waals surface area contributed by atoms with Crippen LogP contribution in [0.1, 0.15) is 15.9 Å². The number of nitro benzene ring substituents is 1. The van der Waals surface area contributed by atoms with E-state index >= 15 is 0 Å². The summed E-state index contributed by atoms with van der Waals surface area (Å²) < 4.78 is 11.2. The van der Waals surface area contributed by atoms with Crippen molar-refractivity contribution in [1.29, 1.82) is 0 Å². The second kappa shape index (κ2) is 5.48. The number of hydrogen-bond acceptors (Lipinski definition) is 5. The van der Waals surface area contributed by atoms with Crippen molar-refractivity contribution < 1.29 is 19.2 Å². The number of nitro groups is 1. The zero-order valence-corrected chi connectivity index (χ0v) is 13.9. The minimum atomic E-state index is -0.463. The van der Waals surface area contributed by atoms with Gasteiger partial charge >= 0.3 is 0 Å². The highest BCUT2D eigenvalue weighted by Crippen LogP contribution is 2.41. The first-order valence-corrected chi connectivity index (χ1v) is 8.02. The molecule has 2 aromatic carbocycles. The molecule has 0 N–H and O–H groups in total. The van der Waals surface area contributed by atoms with Crippen LogP contribution in [0.5, 0.6) is 11.5 Å². The van der Waals surface area contributed by atoms with Gasteiger partial charge in [-0.3, -0.25) is 14.9 Å². The summed E-state index contributed by atoms with van der Waals surface area (Å²) in [4.78, 5) is 25.2. The molecule has 0 aliphatic carbocycles. The van der Waals surface area contributed by atoms with Gasteiger partial charge in [0, 0.05) is 22.6 Å². The first kappa shape index (κ1) is 14.9. The molecule has 8 heteroatoms. The number of hydrogen-bond donors (Lipinski definition) is 0. The third-order valence-corrected chi connectivity index (χ3v) is 4.53. The molecule has 2 heterocycles. The van der Waals surface area contributed by atoms with E-state index in [9.17, 15) is 14.9 Å². The third-order valence-electron chi connectivity index (χ3n) is 4.07. The van der Waals surface area contributed by atoms with Gasteiger partial charge in [0.15, 0.2) is 11.5 Å². The van der Waals surface area contributed by atoms with Crippen molar-refractivity contribution in [2.75, 3.05) is 18.2 Å². The molecule has 0 aromatic heterocycles. The van der Waals surface area contributed by atoms with E-state index in [4.69, 9.17) is 9.47 Å². The summed E-state index contributed by atoms with van der Waals surface area (Å²) in [5.41, 5.74) is 1.48. The number of nitrogens with zero attached hydrogens (tertiary/aromatic N) is 2. The number of carbonyl (C=O) groups excluding carboxylic acids is 1. The maximum absolute atomic E-state index is 12.9. The summed E-state index contributed by atoms with van der Waals surface area (Å²) in [6.45, 7) is 0.527. The van der Waals surface area contributed by atoms with Crippen molar-refractivity contribution in [1.82, 2.24) is 0 Å². The molecule has 0 unspecified atom stereocenters. The molecule has 0 radical (unpaired) electrons. The van der Waals surface area contributed by atoms with E-state index in [0.29, 0.717) is 40.2 Å². The minimum absolute atomic E-state index is 0.0778. The number of amides is 1. The van der Waals surface area contributed by atoms with Gasteiger partial charge in [0.25, 0.3) is 11.6 Å². The molecule has 2 aliphatic rings. The molecular formula is C16H11BrN2O5. The van der Waals surface area contributed by atoms with Gasteiger partial charge in [-0.1, -0.05) is 15.9 Å². The molecule has 0 bridgehead atoms. The van der Waals surface area contributed by atoms with Crippen LogP contribution < -0.4 is 14.4 Å². The normalized spacial score (nSPS) is 14.6. The van der Waals surface area contributed by atoms with Gasteiger partial charge in [-0.05, 0) is 36.2 Å². The average Bonchev–Trinajstić information content (AvgIpc) is 3.18. The maximum atomic E-state index is 12.9. The van der Waals surface area contributed by atoms with Crippen molar-refractivity contribution >= 4 is 33.2 Å². The molecule has 7 nitrogen and oxygen atoms in total. The van der Waals surface area contributed by atoms with Crippen molar-refractivity contribution in [3.63, 3.8) is 0 Å². The van der Waals surface area contributed by atoms with E-state index in [1.165, 1.54) is 11.0 Å². The highest BCUT2D eigenvalue weighted by molar-refractivity contribution is 9.10. The van der Waals surface area contributed by atoms with E-state index in [1.54, 1.807) is 18.2 Å². The smallest absolute Gasteiger partial charge is 0.294 e. The number of anilines is 1. The quantitative estimate of drug-likeness (QED) is 0.580. The van der Waals surface area contributed by atoms with E-state index in [2.05, 4.69) is 15.9 Å². The monoisotopic (exact) mass is 390 g/mol. The second-order valence-electron chi connectivity index (χ2n) is 5.46. The van der Waals surface area contributed by atoms with E-state index < -0.39 is 4.92 Å². The first-order valence-electron chi connectivity index (χ1n) is 7.23. The summed E-state index contributed by atoms with van der Waals surface area (Å²) in [5.74, 6) is 0.798. The summed E-state index contributed by atoms with van der Waals surface area (Å²) in [7, 11) is 0. The standard InChI is InChI=1S/C16H11BrN2O5/c17-11-5-9-3-4-18(15(9)12(7-11)19(21)22)16(20)10-1-2-13-14(6-10)24-8-23-13/h1-2,5-7H,3-4,8H2. The second-order valence-corrected chi connectivity index (χ2v) is 6.38. The summed E-state index contributed by atoms with van der Waals surface area (Å²) >= 11 is 3.28. The first-order chi connectivity index (χ1) is 11.5. The highest BCUT2D eigenvalue weighted by Gasteiger charge is 2.33. The highest BCUT2D eigenvalue weighted by atomic mass is 79.9. The largest absolute Gasteiger partial charge is 0.454 e. The Morgan fingerprint density at radius 1 is 1.21 bits per heavy atom. The molecule has 0 fully saturated rings. The van der Waals surface area contributed by atoms with Crippen molar-refractivity contribution in [2.24, 2.45) is 0 Å². The lowest BCUT2D eigenvalue weighted by Crippen LogP contribution is -2.29. The van der Waals surface area contributed by atoms with E-state index in [0.717, 1.165) is 5.56 Å². The molecule has 2 aromatic rings. The lowest BCUT2D eigenvalue weighted by Gasteiger charge is -2.17. The Kier molecular flexibility index (Phi) is 3.42. The van der Waals surface area contributed by atoms with Gasteiger partial charge in [0.2, 0.25) is 6.79 Å². The van der Waals surface area contributed by atoms with Crippen LogP contribution in [0.15, 0.2) is 34.8 Å². The van der Waals surface area contributed by atoms with E-state index in [1.807, 2.05) is 6.07 Å². The van der Waals surface area contributed by atoms with Gasteiger partial charge in [-0.15, -0.1) is 0 Å². The predicted octanol–water partition coefficient (Wildman–Crippen LogP) is 3.29. The number of benzene rings is 2. The molecule has 1 amide bonds. The number of ether oxygens (including phenoxy) is 2. The van der Waals surface area contributed by atoms with Crippen molar-refractivity contribution in [3.05, 3.63) is 56.0 Å². The zero-order chi connectivity index (χ0) is 16.8. The van der Waals surface area contributed by atoms with Gasteiger partial charge in [-0.25, -0.2) is 0 Å². The fourth-order valence-corrected chi connectivity index (χ4v) is 3.51. The molecule has 24 heavy (non-hydrogen) atoms. The molecule has 4 rings (SSSR count). The summed E-state index contributed by atoms with van der Waals surface area (Å²) in [6, 6.07) is 8.15. The fourth-order valence-electron chi connectivity index (χ4n) is 3.01. The van der Waals surface area contributed by atoms with Crippen LogP contribution >= 0.6 is 15.9 Å². The molecule has 122 valence electrons. The summed E-state index contributed by atoms with van der Waals surface area (Å²) in [6.07, 6.45) is 0.575. The van der Waals surface area contributed by atoms with Gasteiger partial charge in [0.1, 0.15) is 5.69 Å². The molecular weight excluding hydrogens is 380 g/mol. The Bertz CT molecular complexity index is 883. The number of rotatable bonds is 2. The Balaban J connectivity index is 1.75. The number of fused-ring (bicyclic) bond motifs is 2. The fraction of sp³-hybridized carbons (Fsp3) is 0.188. The van der Waals surface area contributed by atoms with Gasteiger partial charge in [-0.2, -0.15) is 0 Å². The van der Waals surface area contributed by atoms with Crippen LogP contribution in [-0.4, -0.2) is 24.2 Å². The molecule has 0 saturated heterocycles. The maximum Gasteiger partial charge on any atom is 0.294 e. The number of halogens is 1. The van der Waals surface area contributed by atoms with Crippen LogP contribution in [0.3, 0.4) is 0 Å². The predicted molar refractivity (Wildman–Crippen MR) is 88.7 cm³/mol. The number of carbonyl (C=O) groups is 1. The molecule has 2 aliphatic heterocycles. The lowest BCUT2D eigenvalue weighted by atomic mass is 10.1. The molecule has 0 atom stereocenters. The third kappa shape index (κ3) is 2.30. The average molecular weight is 391 g/mol. The van der Waals surface area contributed by atoms with Crippen molar-refractivity contribution in [3.8, 4) is 11.5 Å². The van der Waals surface area contributed by atoms with Crippen molar-refractivity contribution in [2.45, 2.75) is 6.42 Å². The topological polar surface area (TPSA) is 81.9 Å². The van der Waals surface area contributed by atoms with Crippen LogP contribution in [0.4, 0.5) is 11.4 Å². The molecule has 0 saturated carbocycles. The van der Waals surface area contributed by atoms with Crippen LogP contribution in [-0.2, 0) is 6.42 Å². The SMILES string of the molecule is O=C(c1ccc2c(c1)OCO2)N1CCc2cc(Br)cc([N+](=O)[O-])c21. The minimum Gasteiger partial charge on any atom is -0.454 e. The van der Waals surface area contributed by atoms with Gasteiger partial charge < -0.3 is 14.4 Å². The Labute approximate surface area is 145 Å². The van der Waals surface area contributed by atoms with Crippen LogP contribution in [0, 0.1) is 10.1 Å². The Morgan fingerprint density at radius 2 is 2.00 bits per heavy atom. The van der Waals surface area contributed by atoms with Gasteiger partial charge in [0.05, 0.1) is 4.92 Å². The zero-order valence-electron chi connectivity index (χ0n) is 12.3. The summed E-state index contributed by atoms with van der Waals surface area (Å²) in [5, 5.41) is 11.4. The molecule has 0 spiro atoms. The van der Waals surface area contributed by atoms with Crippen LogP contribution in [0.2, 0.25) is 0 Å². The Morgan fingerprint density at radius 3 is 2.79 bits per heavy atom. The lowest BCUT2D eigenvalue weighted by molar-refractivity contribution is -0.384.